The Kier molecular flexibility index (Phi) is 8.55. The molecule has 0 aromatic carbocycles. The van der Waals surface area contributed by atoms with Crippen LogP contribution in [0.25, 0.3) is 0 Å². The lowest BCUT2D eigenvalue weighted by Gasteiger charge is -2.18. The first-order valence-corrected chi connectivity index (χ1v) is 3.70. The van der Waals surface area contributed by atoms with Crippen LogP contribution < -0.4 is 0 Å². The van der Waals surface area contributed by atoms with Crippen LogP contribution >= 0.6 is 0 Å². The second kappa shape index (κ2) is 7.63. The summed E-state index contributed by atoms with van der Waals surface area (Å²) in [6.07, 6.45) is -1.10. The molecule has 9 heteroatoms. The highest BCUT2D eigenvalue weighted by Gasteiger charge is 2.22. The second-order valence-corrected chi connectivity index (χ2v) is 3.05. The van der Waals surface area contributed by atoms with E-state index in [9.17, 15) is 4.79 Å². The van der Waals surface area contributed by atoms with Gasteiger partial charge in [-0.15, -0.1) is 0 Å². The molecule has 4 N–H and O–H groups in total. The van der Waals surface area contributed by atoms with Gasteiger partial charge < -0.3 is 29.5 Å². The number of rotatable bonds is 1. The molecule has 0 aliphatic carbocycles. The first-order valence-electron chi connectivity index (χ1n) is 3.70. The molecule has 82 valence electrons. The molecule has 0 bridgehead atoms. The van der Waals surface area contributed by atoms with Crippen LogP contribution in [0, 0.1) is 0 Å². The van der Waals surface area contributed by atoms with Gasteiger partial charge in [0, 0.05) is 0 Å². The Bertz CT molecular complexity index is 155. The molecule has 0 aromatic heterocycles. The molecular formula is C5H14B2O7. The zero-order valence-corrected chi connectivity index (χ0v) is 8.30. The van der Waals surface area contributed by atoms with Gasteiger partial charge in [-0.2, -0.15) is 0 Å². The third-order valence-corrected chi connectivity index (χ3v) is 0.591. The highest BCUT2D eigenvalue weighted by Crippen LogP contribution is 2.07. The molecule has 0 radical (unpaired) electrons. The van der Waals surface area contributed by atoms with Crippen molar-refractivity contribution in [2.24, 2.45) is 0 Å². The molecule has 0 fully saturated rings. The summed E-state index contributed by atoms with van der Waals surface area (Å²) in [5.41, 5.74) is -0.689. The third kappa shape index (κ3) is 17.4. The molecule has 0 saturated heterocycles. The van der Waals surface area contributed by atoms with Crippen LogP contribution in [-0.4, -0.2) is 46.9 Å². The van der Waals surface area contributed by atoms with Gasteiger partial charge in [0.15, 0.2) is 0 Å². The molecule has 0 saturated carbocycles. The summed E-state index contributed by atoms with van der Waals surface area (Å²) >= 11 is 0. The zero-order valence-electron chi connectivity index (χ0n) is 8.30. The maximum Gasteiger partial charge on any atom is 0.711 e. The lowest BCUT2D eigenvalue weighted by Crippen LogP contribution is -2.29. The standard InChI is InChI=1S/C5H11BO5.BH3O2/c1-5(2,3)10-4(7)11-6(8)9;2-1-3/h8-9H,1-3H3;1-3H. The molecule has 14 heavy (non-hydrogen) atoms. The van der Waals surface area contributed by atoms with Crippen molar-refractivity contribution >= 4 is 21.2 Å². The molecule has 0 amide bonds. The van der Waals surface area contributed by atoms with Crippen LogP contribution in [0.5, 0.6) is 0 Å². The van der Waals surface area contributed by atoms with Gasteiger partial charge in [0.25, 0.3) is 0 Å². The van der Waals surface area contributed by atoms with Crippen LogP contribution in [0.2, 0.25) is 0 Å². The summed E-state index contributed by atoms with van der Waals surface area (Å²) in [5, 5.41) is 30.6. The van der Waals surface area contributed by atoms with Gasteiger partial charge in [0.05, 0.1) is 0 Å². The van der Waals surface area contributed by atoms with E-state index in [1.165, 1.54) is 0 Å². The van der Waals surface area contributed by atoms with E-state index < -0.39 is 26.8 Å². The van der Waals surface area contributed by atoms with Crippen LogP contribution in [0.15, 0.2) is 0 Å². The topological polar surface area (TPSA) is 116 Å². The predicted molar refractivity (Wildman–Crippen MR) is 49.1 cm³/mol. The first kappa shape index (κ1) is 15.7. The van der Waals surface area contributed by atoms with Crippen LogP contribution in [0.4, 0.5) is 4.79 Å². The van der Waals surface area contributed by atoms with E-state index in [4.69, 9.17) is 20.1 Å². The van der Waals surface area contributed by atoms with E-state index in [1.54, 1.807) is 20.8 Å². The van der Waals surface area contributed by atoms with E-state index in [1.807, 2.05) is 0 Å². The largest absolute Gasteiger partial charge is 0.711 e. The summed E-state index contributed by atoms with van der Waals surface area (Å²) in [6, 6.07) is 0. The van der Waals surface area contributed by atoms with E-state index in [2.05, 4.69) is 9.39 Å². The van der Waals surface area contributed by atoms with Gasteiger partial charge >= 0.3 is 21.2 Å². The summed E-state index contributed by atoms with van der Waals surface area (Å²) in [5.74, 6) is 0. The Labute approximate surface area is 82.8 Å². The number of hydrogen-bond acceptors (Lipinski definition) is 7. The van der Waals surface area contributed by atoms with Gasteiger partial charge in [0.1, 0.15) is 5.60 Å². The smallest absolute Gasteiger partial charge is 0.452 e. The van der Waals surface area contributed by atoms with Crippen molar-refractivity contribution in [3.05, 3.63) is 0 Å². The number of hydrogen-bond donors (Lipinski definition) is 4. The Morgan fingerprint density at radius 2 is 1.64 bits per heavy atom. The van der Waals surface area contributed by atoms with Crippen LogP contribution in [0.3, 0.4) is 0 Å². The highest BCUT2D eigenvalue weighted by atomic mass is 16.8. The Morgan fingerprint density at radius 1 is 1.29 bits per heavy atom. The molecule has 0 aliphatic heterocycles. The lowest BCUT2D eigenvalue weighted by molar-refractivity contribution is 0.0110. The minimum Gasteiger partial charge on any atom is -0.452 e. The summed E-state index contributed by atoms with van der Waals surface area (Å²) in [7, 11) is -2.87. The Balaban J connectivity index is 0. The fourth-order valence-electron chi connectivity index (χ4n) is 0.360. The monoisotopic (exact) mass is 208 g/mol. The van der Waals surface area contributed by atoms with Gasteiger partial charge in [-0.05, 0) is 20.8 Å². The minimum atomic E-state index is -2.12. The van der Waals surface area contributed by atoms with E-state index in [-0.39, 0.29) is 0 Å². The number of carbonyl (C=O) groups is 1. The van der Waals surface area contributed by atoms with Crippen LogP contribution in [-0.2, 0) is 9.39 Å². The number of ether oxygens (including phenoxy) is 1. The maximum absolute atomic E-state index is 10.5. The molecule has 0 aromatic rings. The summed E-state index contributed by atoms with van der Waals surface area (Å²) in [6.45, 7) is 4.91. The van der Waals surface area contributed by atoms with Crippen molar-refractivity contribution in [2.75, 3.05) is 0 Å². The van der Waals surface area contributed by atoms with Gasteiger partial charge in [-0.1, -0.05) is 0 Å². The molecule has 0 aliphatic rings. The maximum atomic E-state index is 10.5. The molecule has 0 atom stereocenters. The lowest BCUT2D eigenvalue weighted by atomic mass is 10.2. The fraction of sp³-hybridized carbons (Fsp3) is 0.800. The fourth-order valence-corrected chi connectivity index (χ4v) is 0.360. The quantitative estimate of drug-likeness (QED) is 0.295. The van der Waals surface area contributed by atoms with Crippen molar-refractivity contribution in [1.29, 1.82) is 0 Å². The van der Waals surface area contributed by atoms with E-state index in [0.717, 1.165) is 0 Å². The zero-order chi connectivity index (χ0) is 11.8. The molecule has 0 rings (SSSR count). The van der Waals surface area contributed by atoms with Gasteiger partial charge in [-0.25, -0.2) is 4.79 Å². The highest BCUT2D eigenvalue weighted by molar-refractivity contribution is 6.35. The summed E-state index contributed by atoms with van der Waals surface area (Å²) in [4.78, 5) is 10.5. The second-order valence-electron chi connectivity index (χ2n) is 3.05. The third-order valence-electron chi connectivity index (χ3n) is 0.591. The molecule has 0 unspecified atom stereocenters. The summed E-state index contributed by atoms with van der Waals surface area (Å²) < 4.78 is 8.44. The average molecular weight is 208 g/mol. The Morgan fingerprint density at radius 3 is 1.86 bits per heavy atom. The molecule has 0 heterocycles. The predicted octanol–water partition coefficient (Wildman–Crippen LogP) is -1.85. The Hall–Kier alpha value is -0.760. The van der Waals surface area contributed by atoms with Crippen molar-refractivity contribution in [3.8, 4) is 0 Å². The van der Waals surface area contributed by atoms with Crippen molar-refractivity contribution in [2.45, 2.75) is 26.4 Å². The van der Waals surface area contributed by atoms with Crippen molar-refractivity contribution < 1.29 is 34.3 Å². The first-order chi connectivity index (χ1) is 6.22. The molecular weight excluding hydrogens is 194 g/mol. The molecule has 0 spiro atoms. The number of carbonyl (C=O) groups excluding carboxylic acids is 1. The molecule has 7 nitrogen and oxygen atoms in total. The SMILES string of the molecule is CC(C)(C)OC(=O)OB(O)O.OBO. The van der Waals surface area contributed by atoms with E-state index in [0.29, 0.717) is 0 Å². The van der Waals surface area contributed by atoms with Crippen molar-refractivity contribution in [3.63, 3.8) is 0 Å². The van der Waals surface area contributed by atoms with E-state index >= 15 is 0 Å². The average Bonchev–Trinajstić information content (AvgIpc) is 1.80. The van der Waals surface area contributed by atoms with Crippen LogP contribution in [0.1, 0.15) is 20.8 Å². The normalized spacial score (nSPS) is 9.36. The van der Waals surface area contributed by atoms with Gasteiger partial charge in [0.2, 0.25) is 0 Å². The van der Waals surface area contributed by atoms with Gasteiger partial charge in [-0.3, -0.25) is 0 Å². The minimum absolute atomic E-state index is 0.689. The van der Waals surface area contributed by atoms with Crippen molar-refractivity contribution in [1.82, 2.24) is 0 Å².